The summed E-state index contributed by atoms with van der Waals surface area (Å²) in [5.74, 6) is 0.338. The van der Waals surface area contributed by atoms with Crippen molar-refractivity contribution in [3.05, 3.63) is 53.2 Å². The van der Waals surface area contributed by atoms with Gasteiger partial charge in [0.05, 0.1) is 5.69 Å². The summed E-state index contributed by atoms with van der Waals surface area (Å²) in [6.07, 6.45) is 4.83. The van der Waals surface area contributed by atoms with Crippen molar-refractivity contribution in [2.45, 2.75) is 19.3 Å². The lowest BCUT2D eigenvalue weighted by Crippen LogP contribution is -2.29. The van der Waals surface area contributed by atoms with Gasteiger partial charge in [-0.3, -0.25) is 9.20 Å². The lowest BCUT2D eigenvalue weighted by Gasteiger charge is -2.15. The average Bonchev–Trinajstić information content (AvgIpc) is 3.22. The van der Waals surface area contributed by atoms with E-state index in [1.165, 1.54) is 4.83 Å². The van der Waals surface area contributed by atoms with Gasteiger partial charge in [0, 0.05) is 36.3 Å². The molecule has 1 atom stereocenters. The average molecular weight is 312 g/mol. The van der Waals surface area contributed by atoms with E-state index in [1.54, 1.807) is 17.4 Å². The van der Waals surface area contributed by atoms with Crippen LogP contribution < -0.4 is 0 Å². The van der Waals surface area contributed by atoms with Crippen LogP contribution in [-0.2, 0) is 0 Å². The number of amides is 1. The summed E-state index contributed by atoms with van der Waals surface area (Å²) in [5.41, 5.74) is 2.52. The second-order valence-corrected chi connectivity index (χ2v) is 6.54. The number of fused-ring (bicyclic) bond motifs is 1. The fourth-order valence-corrected chi connectivity index (χ4v) is 3.92. The van der Waals surface area contributed by atoms with Gasteiger partial charge in [-0.25, -0.2) is 9.97 Å². The number of thiazole rings is 1. The Bertz CT molecular complexity index is 837. The van der Waals surface area contributed by atoms with Gasteiger partial charge in [-0.1, -0.05) is 6.07 Å². The highest BCUT2D eigenvalue weighted by Crippen LogP contribution is 2.31. The van der Waals surface area contributed by atoms with Gasteiger partial charge in [0.2, 0.25) is 0 Å². The molecule has 5 nitrogen and oxygen atoms in total. The van der Waals surface area contributed by atoms with Crippen molar-refractivity contribution in [2.75, 3.05) is 13.1 Å². The van der Waals surface area contributed by atoms with E-state index in [0.29, 0.717) is 11.6 Å². The molecular weight excluding hydrogens is 296 g/mol. The molecule has 0 N–H and O–H groups in total. The zero-order chi connectivity index (χ0) is 15.1. The van der Waals surface area contributed by atoms with E-state index in [-0.39, 0.29) is 5.91 Å². The van der Waals surface area contributed by atoms with Crippen LogP contribution in [0.15, 0.2) is 36.1 Å². The topological polar surface area (TPSA) is 50.5 Å². The van der Waals surface area contributed by atoms with Crippen LogP contribution in [0.4, 0.5) is 0 Å². The molecule has 0 bridgehead atoms. The number of carbonyl (C=O) groups excluding carboxylic acids is 1. The van der Waals surface area contributed by atoms with Gasteiger partial charge in [0.25, 0.3) is 5.91 Å². The Morgan fingerprint density at radius 1 is 1.41 bits per heavy atom. The van der Waals surface area contributed by atoms with Gasteiger partial charge in [-0.2, -0.15) is 0 Å². The summed E-state index contributed by atoms with van der Waals surface area (Å²) in [5, 5.41) is 2.06. The van der Waals surface area contributed by atoms with Crippen molar-refractivity contribution in [1.82, 2.24) is 19.3 Å². The highest BCUT2D eigenvalue weighted by atomic mass is 32.1. The number of imidazole rings is 1. The number of carbonyl (C=O) groups is 1. The van der Waals surface area contributed by atoms with Crippen LogP contribution in [0, 0.1) is 6.92 Å². The third kappa shape index (κ3) is 2.20. The van der Waals surface area contributed by atoms with Crippen LogP contribution in [0.1, 0.15) is 34.2 Å². The first kappa shape index (κ1) is 13.5. The first-order chi connectivity index (χ1) is 10.7. The van der Waals surface area contributed by atoms with E-state index in [9.17, 15) is 4.79 Å². The van der Waals surface area contributed by atoms with Crippen LogP contribution >= 0.6 is 11.3 Å². The molecule has 0 spiro atoms. The summed E-state index contributed by atoms with van der Waals surface area (Å²) in [6.45, 7) is 3.39. The first-order valence-corrected chi connectivity index (χ1v) is 8.23. The van der Waals surface area contributed by atoms with Gasteiger partial charge >= 0.3 is 0 Å². The molecule has 4 rings (SSSR count). The van der Waals surface area contributed by atoms with Crippen molar-refractivity contribution >= 4 is 22.1 Å². The molecule has 0 aromatic carbocycles. The lowest BCUT2D eigenvalue weighted by atomic mass is 10.1. The highest BCUT2D eigenvalue weighted by molar-refractivity contribution is 7.15. The number of aryl methyl sites for hydroxylation is 1. The van der Waals surface area contributed by atoms with E-state index in [2.05, 4.69) is 15.3 Å². The molecule has 22 heavy (non-hydrogen) atoms. The quantitative estimate of drug-likeness (QED) is 0.731. The number of hydrogen-bond acceptors (Lipinski definition) is 4. The molecule has 3 aromatic heterocycles. The Labute approximate surface area is 132 Å². The molecule has 4 heterocycles. The van der Waals surface area contributed by atoms with E-state index in [1.807, 2.05) is 40.9 Å². The summed E-state index contributed by atoms with van der Waals surface area (Å²) in [4.78, 5) is 24.5. The predicted molar refractivity (Wildman–Crippen MR) is 85.3 cm³/mol. The SMILES string of the molecule is Cc1cccc(C(=O)N2CC[C@H](c3ncn4ccsc34)C2)n1. The lowest BCUT2D eigenvalue weighted by molar-refractivity contribution is 0.0784. The maximum atomic E-state index is 12.6. The molecule has 1 fully saturated rings. The Balaban J connectivity index is 1.55. The summed E-state index contributed by atoms with van der Waals surface area (Å²) < 4.78 is 2.05. The maximum absolute atomic E-state index is 12.6. The zero-order valence-electron chi connectivity index (χ0n) is 12.3. The fourth-order valence-electron chi connectivity index (χ4n) is 3.02. The van der Waals surface area contributed by atoms with Gasteiger partial charge in [0.15, 0.2) is 0 Å². The number of aromatic nitrogens is 3. The molecule has 1 amide bonds. The monoisotopic (exact) mass is 312 g/mol. The largest absolute Gasteiger partial charge is 0.337 e. The fraction of sp³-hybridized carbons (Fsp3) is 0.312. The number of nitrogens with zero attached hydrogens (tertiary/aromatic N) is 4. The van der Waals surface area contributed by atoms with Gasteiger partial charge in [0.1, 0.15) is 16.9 Å². The Morgan fingerprint density at radius 2 is 2.32 bits per heavy atom. The van der Waals surface area contributed by atoms with Crippen LogP contribution in [0.5, 0.6) is 0 Å². The molecule has 112 valence electrons. The normalized spacial score (nSPS) is 18.2. The van der Waals surface area contributed by atoms with Crippen molar-refractivity contribution < 1.29 is 4.79 Å². The zero-order valence-corrected chi connectivity index (χ0v) is 13.1. The van der Waals surface area contributed by atoms with Gasteiger partial charge < -0.3 is 4.90 Å². The molecule has 1 saturated heterocycles. The number of rotatable bonds is 2. The van der Waals surface area contributed by atoms with Crippen LogP contribution in [0.3, 0.4) is 0 Å². The number of hydrogen-bond donors (Lipinski definition) is 0. The highest BCUT2D eigenvalue weighted by Gasteiger charge is 2.31. The van der Waals surface area contributed by atoms with Gasteiger partial charge in [-0.05, 0) is 25.5 Å². The van der Waals surface area contributed by atoms with Gasteiger partial charge in [-0.15, -0.1) is 11.3 Å². The van der Waals surface area contributed by atoms with Crippen molar-refractivity contribution in [3.63, 3.8) is 0 Å². The van der Waals surface area contributed by atoms with E-state index < -0.39 is 0 Å². The van der Waals surface area contributed by atoms with Crippen LogP contribution in [-0.4, -0.2) is 38.3 Å². The molecule has 6 heteroatoms. The third-order valence-electron chi connectivity index (χ3n) is 4.15. The third-order valence-corrected chi connectivity index (χ3v) is 5.05. The molecule has 0 unspecified atom stereocenters. The first-order valence-electron chi connectivity index (χ1n) is 7.35. The molecule has 3 aromatic rings. The van der Waals surface area contributed by atoms with Crippen molar-refractivity contribution in [1.29, 1.82) is 0 Å². The second-order valence-electron chi connectivity index (χ2n) is 5.65. The molecule has 1 aliphatic rings. The van der Waals surface area contributed by atoms with E-state index in [4.69, 9.17) is 0 Å². The second kappa shape index (κ2) is 5.21. The Kier molecular flexibility index (Phi) is 3.18. The number of pyridine rings is 1. The minimum atomic E-state index is 0.0211. The molecule has 0 aliphatic carbocycles. The summed E-state index contributed by atoms with van der Waals surface area (Å²) in [6, 6.07) is 5.58. The molecular formula is C16H16N4OS. The maximum Gasteiger partial charge on any atom is 0.272 e. The van der Waals surface area contributed by atoms with Crippen molar-refractivity contribution in [3.8, 4) is 0 Å². The number of likely N-dealkylation sites (tertiary alicyclic amines) is 1. The van der Waals surface area contributed by atoms with E-state index in [0.717, 1.165) is 30.9 Å². The summed E-state index contributed by atoms with van der Waals surface area (Å²) >= 11 is 1.70. The van der Waals surface area contributed by atoms with Crippen LogP contribution in [0.2, 0.25) is 0 Å². The Morgan fingerprint density at radius 3 is 3.18 bits per heavy atom. The minimum Gasteiger partial charge on any atom is -0.337 e. The smallest absolute Gasteiger partial charge is 0.272 e. The minimum absolute atomic E-state index is 0.0211. The molecule has 1 aliphatic heterocycles. The summed E-state index contributed by atoms with van der Waals surface area (Å²) in [7, 11) is 0. The standard InChI is InChI=1S/C16H16N4OS/c1-11-3-2-4-13(18-11)15(21)19-6-5-12(9-19)14-16-20(10-17-14)7-8-22-16/h2-4,7-8,10,12H,5-6,9H2,1H3/t12-/m0/s1. The molecule has 0 saturated carbocycles. The van der Waals surface area contributed by atoms with Crippen molar-refractivity contribution in [2.24, 2.45) is 0 Å². The van der Waals surface area contributed by atoms with Crippen LogP contribution in [0.25, 0.3) is 4.83 Å². The Hall–Kier alpha value is -2.21. The predicted octanol–water partition coefficient (Wildman–Crippen LogP) is 2.73. The van der Waals surface area contributed by atoms with E-state index >= 15 is 0 Å². The molecule has 0 radical (unpaired) electrons.